The van der Waals surface area contributed by atoms with E-state index in [1.165, 1.54) is 32.8 Å². The van der Waals surface area contributed by atoms with Gasteiger partial charge in [-0.05, 0) is 68.5 Å². The molecule has 7 rings (SSSR count). The molecule has 1 atom stereocenters. The first kappa shape index (κ1) is 29.5. The van der Waals surface area contributed by atoms with Crippen LogP contribution in [0.5, 0.6) is 11.8 Å². The summed E-state index contributed by atoms with van der Waals surface area (Å²) in [5, 5.41) is 0. The van der Waals surface area contributed by atoms with E-state index in [1.807, 2.05) is 12.1 Å². The smallest absolute Gasteiger partial charge is 0.325 e. The summed E-state index contributed by atoms with van der Waals surface area (Å²) >= 11 is 0. The molecule has 1 unspecified atom stereocenters. The second-order valence-electron chi connectivity index (χ2n) is 12.8. The Labute approximate surface area is 264 Å². The zero-order valence-electron chi connectivity index (χ0n) is 26.6. The van der Waals surface area contributed by atoms with Gasteiger partial charge in [-0.2, -0.15) is 9.97 Å². The molecule has 1 saturated heterocycles. The van der Waals surface area contributed by atoms with Crippen molar-refractivity contribution < 1.29 is 13.9 Å². The van der Waals surface area contributed by atoms with Crippen molar-refractivity contribution in [3.63, 3.8) is 0 Å². The molecule has 0 aliphatic carbocycles. The number of ether oxygens (including phenoxy) is 1. The van der Waals surface area contributed by atoms with Crippen LogP contribution in [0.25, 0.3) is 0 Å². The van der Waals surface area contributed by atoms with Gasteiger partial charge in [-0.3, -0.25) is 4.79 Å². The molecule has 0 spiro atoms. The Hall–Kier alpha value is -4.18. The molecule has 0 bridgehead atoms. The second kappa shape index (κ2) is 12.0. The van der Waals surface area contributed by atoms with Crippen LogP contribution in [0.4, 0.5) is 21.7 Å². The van der Waals surface area contributed by atoms with Gasteiger partial charge in [-0.1, -0.05) is 30.8 Å². The highest BCUT2D eigenvalue weighted by molar-refractivity contribution is 5.90. The van der Waals surface area contributed by atoms with E-state index in [2.05, 4.69) is 71.5 Å². The molecule has 236 valence electrons. The van der Waals surface area contributed by atoms with Gasteiger partial charge in [0.15, 0.2) is 5.83 Å². The van der Waals surface area contributed by atoms with Crippen molar-refractivity contribution in [1.82, 2.24) is 19.8 Å². The van der Waals surface area contributed by atoms with Gasteiger partial charge in [-0.25, -0.2) is 4.39 Å². The summed E-state index contributed by atoms with van der Waals surface area (Å²) < 4.78 is 20.2. The number of hydrogen-bond acceptors (Lipinski definition) is 8. The molecule has 4 aliphatic rings. The predicted molar refractivity (Wildman–Crippen MR) is 175 cm³/mol. The molecule has 1 aromatic heterocycles. The average molecular weight is 612 g/mol. The van der Waals surface area contributed by atoms with Crippen LogP contribution in [0.3, 0.4) is 0 Å². The number of fused-ring (bicyclic) bond motifs is 3. The van der Waals surface area contributed by atoms with Crippen molar-refractivity contribution in [2.24, 2.45) is 0 Å². The molecule has 0 radical (unpaired) electrons. The fourth-order valence-electron chi connectivity index (χ4n) is 7.52. The molecule has 1 amide bonds. The van der Waals surface area contributed by atoms with Gasteiger partial charge in [0.05, 0.1) is 6.04 Å². The average Bonchev–Trinajstić information content (AvgIpc) is 3.48. The quantitative estimate of drug-likeness (QED) is 0.365. The van der Waals surface area contributed by atoms with Crippen LogP contribution >= 0.6 is 0 Å². The Morgan fingerprint density at radius 1 is 0.889 bits per heavy atom. The SMILES string of the molecule is C=C(F)C(=O)N1CCN(c2nc(Oc3cccc4c3CCN(C)C4)nc3c2CCN3C(C)c2cccc3c2CCCN3C)CC1. The summed E-state index contributed by atoms with van der Waals surface area (Å²) in [7, 11) is 4.32. The van der Waals surface area contributed by atoms with Gasteiger partial charge in [0.2, 0.25) is 0 Å². The summed E-state index contributed by atoms with van der Waals surface area (Å²) in [6, 6.07) is 13.3. The van der Waals surface area contributed by atoms with Crippen LogP contribution in [0, 0.1) is 0 Å². The molecule has 9 nitrogen and oxygen atoms in total. The monoisotopic (exact) mass is 611 g/mol. The Morgan fingerprint density at radius 2 is 1.64 bits per heavy atom. The van der Waals surface area contributed by atoms with Gasteiger partial charge in [0.25, 0.3) is 5.91 Å². The van der Waals surface area contributed by atoms with Gasteiger partial charge in [0, 0.05) is 76.2 Å². The van der Waals surface area contributed by atoms with E-state index in [4.69, 9.17) is 14.7 Å². The topological polar surface area (TPSA) is 68.3 Å². The van der Waals surface area contributed by atoms with Crippen molar-refractivity contribution in [2.75, 3.05) is 74.6 Å². The summed E-state index contributed by atoms with van der Waals surface area (Å²) in [6.45, 7) is 11.1. The number of carbonyl (C=O) groups is 1. The summed E-state index contributed by atoms with van der Waals surface area (Å²) in [6.07, 6.45) is 3.95. The molecule has 3 aromatic rings. The standard InChI is InChI=1S/C35H42FN7O2/c1-23(36)34(44)42-20-18-41(19-21-42)32-29-14-17-43(24(2)26-9-6-11-30-28(26)10-7-15-40(30)4)33(29)38-35(37-32)45-31-12-5-8-25-22-39(3)16-13-27(25)31/h5-6,8-9,11-12,24H,1,7,10,13-22H2,2-4H3. The molecule has 0 N–H and O–H groups in total. The third-order valence-electron chi connectivity index (χ3n) is 9.97. The summed E-state index contributed by atoms with van der Waals surface area (Å²) in [5.74, 6) is 1.00. The zero-order chi connectivity index (χ0) is 31.2. The number of carbonyl (C=O) groups excluding carboxylic acids is 1. The molecular formula is C35H42FN7O2. The molecule has 45 heavy (non-hydrogen) atoms. The number of nitrogens with zero attached hydrogens (tertiary/aromatic N) is 7. The molecule has 2 aromatic carbocycles. The number of rotatable bonds is 6. The van der Waals surface area contributed by atoms with Crippen LogP contribution in [0.15, 0.2) is 48.8 Å². The van der Waals surface area contributed by atoms with Crippen LogP contribution in [0.1, 0.15) is 47.2 Å². The van der Waals surface area contributed by atoms with E-state index >= 15 is 0 Å². The van der Waals surface area contributed by atoms with Gasteiger partial charge in [-0.15, -0.1) is 0 Å². The lowest BCUT2D eigenvalue weighted by Gasteiger charge is -2.36. The van der Waals surface area contributed by atoms with E-state index in [9.17, 15) is 9.18 Å². The van der Waals surface area contributed by atoms with Crippen molar-refractivity contribution >= 4 is 23.2 Å². The zero-order valence-corrected chi connectivity index (χ0v) is 26.6. The van der Waals surface area contributed by atoms with E-state index in [1.54, 1.807) is 0 Å². The van der Waals surface area contributed by atoms with Crippen molar-refractivity contribution in [1.29, 1.82) is 0 Å². The minimum absolute atomic E-state index is 0.119. The second-order valence-corrected chi connectivity index (χ2v) is 12.8. The third-order valence-corrected chi connectivity index (χ3v) is 9.97. The summed E-state index contributed by atoms with van der Waals surface area (Å²) in [4.78, 5) is 33.2. The third kappa shape index (κ3) is 5.49. The highest BCUT2D eigenvalue weighted by Crippen LogP contribution is 2.42. The largest absolute Gasteiger partial charge is 0.424 e. The highest BCUT2D eigenvalue weighted by atomic mass is 19.1. The summed E-state index contributed by atoms with van der Waals surface area (Å²) in [5.41, 5.74) is 7.67. The van der Waals surface area contributed by atoms with E-state index in [0.29, 0.717) is 32.2 Å². The maximum Gasteiger partial charge on any atom is 0.325 e. The first-order chi connectivity index (χ1) is 21.8. The molecule has 5 heterocycles. The Morgan fingerprint density at radius 3 is 2.44 bits per heavy atom. The van der Waals surface area contributed by atoms with Crippen LogP contribution in [-0.2, 0) is 30.6 Å². The predicted octanol–water partition coefficient (Wildman–Crippen LogP) is 4.89. The lowest BCUT2D eigenvalue weighted by Crippen LogP contribution is -2.49. The number of aromatic nitrogens is 2. The Balaban J connectivity index is 1.25. The van der Waals surface area contributed by atoms with Gasteiger partial charge >= 0.3 is 6.01 Å². The molecule has 4 aliphatic heterocycles. The van der Waals surface area contributed by atoms with Crippen molar-refractivity contribution in [3.05, 3.63) is 76.6 Å². The Bertz CT molecular complexity index is 1640. The van der Waals surface area contributed by atoms with Gasteiger partial charge in [0.1, 0.15) is 17.4 Å². The minimum Gasteiger partial charge on any atom is -0.424 e. The van der Waals surface area contributed by atoms with E-state index in [0.717, 1.165) is 74.8 Å². The molecule has 10 heteroatoms. The number of likely N-dealkylation sites (N-methyl/N-ethyl adjacent to an activating group) is 1. The Kier molecular flexibility index (Phi) is 7.85. The maximum atomic E-state index is 13.6. The van der Waals surface area contributed by atoms with Crippen molar-refractivity contribution in [3.8, 4) is 11.8 Å². The van der Waals surface area contributed by atoms with Crippen molar-refractivity contribution in [2.45, 2.75) is 45.2 Å². The minimum atomic E-state index is -0.918. The fourth-order valence-corrected chi connectivity index (χ4v) is 7.52. The number of benzene rings is 2. The molecular weight excluding hydrogens is 569 g/mol. The molecule has 0 saturated carbocycles. The van der Waals surface area contributed by atoms with Crippen LogP contribution in [0.2, 0.25) is 0 Å². The van der Waals surface area contributed by atoms with E-state index < -0.39 is 11.7 Å². The first-order valence-corrected chi connectivity index (χ1v) is 16.1. The highest BCUT2D eigenvalue weighted by Gasteiger charge is 2.35. The number of hydrogen-bond donors (Lipinski definition) is 0. The maximum absolute atomic E-state index is 13.6. The fraction of sp³-hybridized carbons (Fsp3) is 0.457. The van der Waals surface area contributed by atoms with Crippen LogP contribution < -0.4 is 19.4 Å². The normalized spacial score (nSPS) is 18.8. The number of anilines is 3. The number of amides is 1. The van der Waals surface area contributed by atoms with Crippen LogP contribution in [-0.4, -0.2) is 85.6 Å². The lowest BCUT2D eigenvalue weighted by atomic mass is 9.92. The lowest BCUT2D eigenvalue weighted by molar-refractivity contribution is -0.128. The molecule has 1 fully saturated rings. The number of halogens is 1. The van der Waals surface area contributed by atoms with E-state index in [-0.39, 0.29) is 6.04 Å². The van der Waals surface area contributed by atoms with Gasteiger partial charge < -0.3 is 29.2 Å². The number of piperazine rings is 1. The first-order valence-electron chi connectivity index (χ1n) is 16.1.